The summed E-state index contributed by atoms with van der Waals surface area (Å²) in [4.78, 5) is 0. The van der Waals surface area contributed by atoms with E-state index in [1.165, 1.54) is 0 Å². The molecule has 30 heavy (non-hydrogen) atoms. The highest BCUT2D eigenvalue weighted by Gasteiger charge is 2.17. The first-order valence-corrected chi connectivity index (χ1v) is 10.3. The van der Waals surface area contributed by atoms with Crippen molar-refractivity contribution in [3.63, 3.8) is 0 Å². The number of hydrogen-bond acceptors (Lipinski definition) is 5. The molecule has 0 saturated heterocycles. The molecular weight excluding hydrogens is 444 g/mol. The number of hydrogen-bond donors (Lipinski definition) is 1. The van der Waals surface area contributed by atoms with Crippen molar-refractivity contribution in [2.24, 2.45) is 5.41 Å². The van der Waals surface area contributed by atoms with Gasteiger partial charge < -0.3 is 4.74 Å². The molecule has 0 atom stereocenters. The normalized spacial score (nSPS) is 11.6. The maximum absolute atomic E-state index is 9.21. The van der Waals surface area contributed by atoms with Gasteiger partial charge in [-0.1, -0.05) is 44.2 Å². The van der Waals surface area contributed by atoms with Crippen molar-refractivity contribution < 1.29 is 4.74 Å². The Bertz CT molecular complexity index is 1240. The van der Waals surface area contributed by atoms with E-state index >= 15 is 0 Å². The second-order valence-electron chi connectivity index (χ2n) is 8.31. The van der Waals surface area contributed by atoms with Crippen LogP contribution in [-0.2, 0) is 13.2 Å². The van der Waals surface area contributed by atoms with Gasteiger partial charge in [0, 0.05) is 12.1 Å². The van der Waals surface area contributed by atoms with E-state index in [4.69, 9.17) is 4.74 Å². The van der Waals surface area contributed by atoms with Gasteiger partial charge in [0.15, 0.2) is 0 Å². The van der Waals surface area contributed by atoms with Crippen LogP contribution in [-0.4, -0.2) is 25.2 Å². The molecule has 0 aliphatic heterocycles. The fourth-order valence-electron chi connectivity index (χ4n) is 3.24. The molecular formula is C22H21BrN6O. The van der Waals surface area contributed by atoms with E-state index in [2.05, 4.69) is 63.3 Å². The van der Waals surface area contributed by atoms with Crippen LogP contribution in [0, 0.1) is 16.7 Å². The van der Waals surface area contributed by atoms with Crippen LogP contribution < -0.4 is 4.74 Å². The maximum atomic E-state index is 9.21. The van der Waals surface area contributed by atoms with E-state index in [-0.39, 0.29) is 5.41 Å². The van der Waals surface area contributed by atoms with Gasteiger partial charge in [-0.25, -0.2) is 4.68 Å². The number of benzene rings is 2. The molecule has 2 aromatic heterocycles. The predicted molar refractivity (Wildman–Crippen MR) is 118 cm³/mol. The molecule has 0 saturated carbocycles. The van der Waals surface area contributed by atoms with Crippen LogP contribution in [0.1, 0.15) is 32.0 Å². The van der Waals surface area contributed by atoms with Gasteiger partial charge in [0.05, 0.1) is 16.2 Å². The molecule has 0 unspecified atom stereocenters. The van der Waals surface area contributed by atoms with Crippen LogP contribution in [0.2, 0.25) is 0 Å². The summed E-state index contributed by atoms with van der Waals surface area (Å²) in [5, 5.41) is 24.5. The molecule has 4 aromatic rings. The highest BCUT2D eigenvalue weighted by atomic mass is 79.9. The third-order valence-electron chi connectivity index (χ3n) is 4.60. The van der Waals surface area contributed by atoms with Crippen LogP contribution in [0.4, 0.5) is 0 Å². The molecule has 4 rings (SSSR count). The average molecular weight is 465 g/mol. The minimum atomic E-state index is 0.105. The van der Waals surface area contributed by atoms with Crippen molar-refractivity contribution in [3.05, 3.63) is 58.3 Å². The number of nitrogens with zero attached hydrogens (tertiary/aromatic N) is 5. The molecule has 0 fully saturated rings. The Labute approximate surface area is 182 Å². The summed E-state index contributed by atoms with van der Waals surface area (Å²) in [5.41, 5.74) is 4.98. The van der Waals surface area contributed by atoms with Crippen LogP contribution in [0.25, 0.3) is 22.2 Å². The fraction of sp³-hybridized carbons (Fsp3) is 0.273. The van der Waals surface area contributed by atoms with Gasteiger partial charge in [-0.15, -0.1) is 5.10 Å². The number of halogens is 1. The number of aromatic amines is 1. The zero-order valence-electron chi connectivity index (χ0n) is 17.0. The SMILES string of the molecule is CC(C)(C)Cn1nnc2c(Br)c(OCc3cccc(-c4cn[nH]c4C#N)c3)ccc21. The Balaban J connectivity index is 1.55. The largest absolute Gasteiger partial charge is 0.488 e. The Hall–Kier alpha value is -3.18. The van der Waals surface area contributed by atoms with E-state index in [0.29, 0.717) is 18.1 Å². The number of nitrogens with one attached hydrogen (secondary N) is 1. The highest BCUT2D eigenvalue weighted by Crippen LogP contribution is 2.33. The van der Waals surface area contributed by atoms with Crippen LogP contribution in [0.15, 0.2) is 47.1 Å². The Morgan fingerprint density at radius 2 is 2.07 bits per heavy atom. The smallest absolute Gasteiger partial charge is 0.143 e. The lowest BCUT2D eigenvalue weighted by Gasteiger charge is -2.18. The molecule has 2 aromatic carbocycles. The molecule has 0 aliphatic carbocycles. The first-order chi connectivity index (χ1) is 14.4. The van der Waals surface area contributed by atoms with Crippen LogP contribution in [0.5, 0.6) is 5.75 Å². The van der Waals surface area contributed by atoms with Gasteiger partial charge in [-0.2, -0.15) is 10.4 Å². The molecule has 0 amide bonds. The van der Waals surface area contributed by atoms with Gasteiger partial charge in [0.2, 0.25) is 0 Å². The maximum Gasteiger partial charge on any atom is 0.143 e. The lowest BCUT2D eigenvalue weighted by Crippen LogP contribution is -2.16. The number of nitriles is 1. The molecule has 8 heteroatoms. The number of H-pyrrole nitrogens is 1. The highest BCUT2D eigenvalue weighted by molar-refractivity contribution is 9.10. The van der Waals surface area contributed by atoms with Gasteiger partial charge in [0.25, 0.3) is 0 Å². The van der Waals surface area contributed by atoms with E-state index in [1.807, 2.05) is 41.1 Å². The van der Waals surface area contributed by atoms with Crippen molar-refractivity contribution in [2.75, 3.05) is 0 Å². The van der Waals surface area contributed by atoms with Crippen molar-refractivity contribution in [2.45, 2.75) is 33.9 Å². The standard InChI is InChI=1S/C22H21BrN6O/c1-22(2,3)13-29-18-7-8-19(20(23)21(18)27-28-29)30-12-14-5-4-6-15(9-14)16-11-25-26-17(16)10-24/h4-9,11H,12-13H2,1-3H3,(H,25,26). The van der Waals surface area contributed by atoms with E-state index in [0.717, 1.165) is 38.7 Å². The molecule has 0 radical (unpaired) electrons. The quantitative estimate of drug-likeness (QED) is 0.444. The predicted octanol–water partition coefficient (Wildman–Crippen LogP) is 5.08. The second kappa shape index (κ2) is 7.92. The molecule has 0 bridgehead atoms. The minimum Gasteiger partial charge on any atom is -0.488 e. The Kier molecular flexibility index (Phi) is 5.31. The number of ether oxygens (including phenoxy) is 1. The first kappa shape index (κ1) is 20.1. The summed E-state index contributed by atoms with van der Waals surface area (Å²) >= 11 is 3.62. The third-order valence-corrected chi connectivity index (χ3v) is 5.36. The van der Waals surface area contributed by atoms with Gasteiger partial charge in [-0.05, 0) is 50.7 Å². The zero-order chi connectivity index (χ0) is 21.3. The molecule has 0 spiro atoms. The lowest BCUT2D eigenvalue weighted by atomic mass is 9.97. The van der Waals surface area contributed by atoms with Gasteiger partial charge >= 0.3 is 0 Å². The summed E-state index contributed by atoms with van der Waals surface area (Å²) in [5.74, 6) is 0.705. The zero-order valence-corrected chi connectivity index (χ0v) is 18.6. The Morgan fingerprint density at radius 1 is 1.23 bits per heavy atom. The number of fused-ring (bicyclic) bond motifs is 1. The third kappa shape index (κ3) is 4.07. The van der Waals surface area contributed by atoms with E-state index in [1.54, 1.807) is 6.20 Å². The monoisotopic (exact) mass is 464 g/mol. The first-order valence-electron chi connectivity index (χ1n) is 9.53. The van der Waals surface area contributed by atoms with Crippen molar-refractivity contribution in [1.29, 1.82) is 5.26 Å². The molecule has 152 valence electrons. The topological polar surface area (TPSA) is 92.4 Å². The summed E-state index contributed by atoms with van der Waals surface area (Å²) in [6, 6.07) is 13.9. The van der Waals surface area contributed by atoms with Crippen molar-refractivity contribution in [1.82, 2.24) is 25.2 Å². The van der Waals surface area contributed by atoms with Crippen LogP contribution in [0.3, 0.4) is 0 Å². The van der Waals surface area contributed by atoms with Crippen molar-refractivity contribution in [3.8, 4) is 22.9 Å². The molecule has 2 heterocycles. The Morgan fingerprint density at radius 3 is 2.83 bits per heavy atom. The lowest BCUT2D eigenvalue weighted by molar-refractivity contribution is 0.304. The second-order valence-corrected chi connectivity index (χ2v) is 9.11. The average Bonchev–Trinajstić information content (AvgIpc) is 3.34. The van der Waals surface area contributed by atoms with E-state index in [9.17, 15) is 5.26 Å². The number of aromatic nitrogens is 5. The van der Waals surface area contributed by atoms with Crippen molar-refractivity contribution >= 4 is 27.0 Å². The number of rotatable bonds is 5. The summed E-state index contributed by atoms with van der Waals surface area (Å²) in [7, 11) is 0. The summed E-state index contributed by atoms with van der Waals surface area (Å²) in [6.45, 7) is 7.67. The van der Waals surface area contributed by atoms with Crippen LogP contribution >= 0.6 is 15.9 Å². The summed E-state index contributed by atoms with van der Waals surface area (Å²) < 4.78 is 8.77. The molecule has 7 nitrogen and oxygen atoms in total. The van der Waals surface area contributed by atoms with Gasteiger partial charge in [-0.3, -0.25) is 5.10 Å². The minimum absolute atomic E-state index is 0.105. The summed E-state index contributed by atoms with van der Waals surface area (Å²) in [6.07, 6.45) is 1.66. The fourth-order valence-corrected chi connectivity index (χ4v) is 3.77. The molecule has 1 N–H and O–H groups in total. The molecule has 0 aliphatic rings. The van der Waals surface area contributed by atoms with Gasteiger partial charge in [0.1, 0.15) is 29.6 Å². The van der Waals surface area contributed by atoms with E-state index < -0.39 is 0 Å².